The fourth-order valence-corrected chi connectivity index (χ4v) is 3.39. The van der Waals surface area contributed by atoms with Gasteiger partial charge in [0, 0.05) is 26.3 Å². The van der Waals surface area contributed by atoms with Crippen molar-refractivity contribution in [1.82, 2.24) is 19.2 Å². The minimum Gasteiger partial charge on any atom is -0.368 e. The first-order chi connectivity index (χ1) is 14.3. The molecule has 0 spiro atoms. The summed E-state index contributed by atoms with van der Waals surface area (Å²) in [5, 5.41) is 0. The molecule has 0 bridgehead atoms. The molecular weight excluding hydrogens is 378 g/mol. The lowest BCUT2D eigenvalue weighted by atomic mass is 10.1. The molecule has 0 radical (unpaired) electrons. The zero-order chi connectivity index (χ0) is 21.8. The number of aryl methyl sites for hydroxylation is 1. The van der Waals surface area contributed by atoms with E-state index >= 15 is 0 Å². The van der Waals surface area contributed by atoms with Crippen molar-refractivity contribution in [2.24, 2.45) is 5.73 Å². The van der Waals surface area contributed by atoms with Gasteiger partial charge in [-0.2, -0.15) is 0 Å². The van der Waals surface area contributed by atoms with Gasteiger partial charge in [0.2, 0.25) is 5.91 Å². The molecule has 3 aromatic rings. The van der Waals surface area contributed by atoms with Crippen LogP contribution in [-0.2, 0) is 17.8 Å². The number of hydrogen-bond acceptors (Lipinski definition) is 4. The van der Waals surface area contributed by atoms with E-state index < -0.39 is 11.9 Å². The third-order valence-electron chi connectivity index (χ3n) is 5.54. The fourth-order valence-electron chi connectivity index (χ4n) is 3.39. The summed E-state index contributed by atoms with van der Waals surface area (Å²) >= 11 is 0. The molecule has 30 heavy (non-hydrogen) atoms. The zero-order valence-corrected chi connectivity index (χ0v) is 18.0. The lowest BCUT2D eigenvalue weighted by molar-refractivity contribution is -0.122. The number of carbonyl (C=O) groups is 2. The average molecular weight is 408 g/mol. The van der Waals surface area contributed by atoms with Crippen LogP contribution in [0.5, 0.6) is 0 Å². The number of imidazole rings is 1. The highest BCUT2D eigenvalue weighted by Gasteiger charge is 2.25. The monoisotopic (exact) mass is 407 g/mol. The molecule has 0 saturated carbocycles. The summed E-state index contributed by atoms with van der Waals surface area (Å²) in [5.74, 6) is -0.542. The summed E-state index contributed by atoms with van der Waals surface area (Å²) in [6, 6.07) is 13.5. The number of likely N-dealkylation sites (N-methyl/N-ethyl adjacent to an activating group) is 2. The Kier molecular flexibility index (Phi) is 6.52. The molecule has 2 amide bonds. The van der Waals surface area contributed by atoms with Crippen LogP contribution in [-0.4, -0.2) is 57.7 Å². The maximum absolute atomic E-state index is 13.3. The predicted octanol–water partition coefficient (Wildman–Crippen LogP) is 2.26. The summed E-state index contributed by atoms with van der Waals surface area (Å²) < 4.78 is 1.93. The Bertz CT molecular complexity index is 1040. The second-order valence-electron chi connectivity index (χ2n) is 7.75. The number of primary amides is 1. The smallest absolute Gasteiger partial charge is 0.274 e. The molecule has 0 aliphatic rings. The molecule has 2 N–H and O–H groups in total. The first-order valence-corrected chi connectivity index (χ1v) is 10.0. The number of fused-ring (bicyclic) bond motifs is 1. The Hall–Kier alpha value is -3.19. The molecule has 1 aromatic carbocycles. The van der Waals surface area contributed by atoms with Gasteiger partial charge in [0.25, 0.3) is 5.91 Å². The molecule has 2 heterocycles. The highest BCUT2D eigenvalue weighted by Crippen LogP contribution is 2.20. The van der Waals surface area contributed by atoms with Crippen LogP contribution < -0.4 is 5.73 Å². The SMILES string of the molecule is Cc1cccn2c(CN(C)C(C)C(N)=O)c(C(=O)N(C)CCc3ccccc3)nc12. The Morgan fingerprint density at radius 1 is 1.13 bits per heavy atom. The normalized spacial score (nSPS) is 12.3. The maximum atomic E-state index is 13.3. The second kappa shape index (κ2) is 9.09. The zero-order valence-electron chi connectivity index (χ0n) is 18.0. The summed E-state index contributed by atoms with van der Waals surface area (Å²) in [6.07, 6.45) is 2.66. The molecule has 0 fully saturated rings. The number of nitrogens with two attached hydrogens (primary N) is 1. The number of rotatable bonds is 8. The molecule has 7 heteroatoms. The Morgan fingerprint density at radius 3 is 2.50 bits per heavy atom. The van der Waals surface area contributed by atoms with E-state index in [-0.39, 0.29) is 5.91 Å². The van der Waals surface area contributed by atoms with E-state index in [0.29, 0.717) is 18.8 Å². The van der Waals surface area contributed by atoms with Gasteiger partial charge in [0.1, 0.15) is 5.65 Å². The van der Waals surface area contributed by atoms with Gasteiger partial charge in [-0.25, -0.2) is 4.98 Å². The quantitative estimate of drug-likeness (QED) is 0.621. The number of pyridine rings is 1. The summed E-state index contributed by atoms with van der Waals surface area (Å²) in [6.45, 7) is 4.69. The molecule has 0 saturated heterocycles. The van der Waals surface area contributed by atoms with E-state index in [2.05, 4.69) is 17.1 Å². The minimum atomic E-state index is -0.459. The van der Waals surface area contributed by atoms with E-state index in [4.69, 9.17) is 5.73 Å². The predicted molar refractivity (Wildman–Crippen MR) is 117 cm³/mol. The van der Waals surface area contributed by atoms with Crippen LogP contribution in [0.1, 0.15) is 34.2 Å². The van der Waals surface area contributed by atoms with E-state index in [1.165, 1.54) is 5.56 Å². The number of aromatic nitrogens is 2. The van der Waals surface area contributed by atoms with Crippen molar-refractivity contribution >= 4 is 17.5 Å². The molecule has 0 aliphatic carbocycles. The van der Waals surface area contributed by atoms with E-state index in [0.717, 1.165) is 23.3 Å². The Labute approximate surface area is 177 Å². The summed E-state index contributed by atoms with van der Waals surface area (Å²) in [5.41, 5.74) is 9.53. The van der Waals surface area contributed by atoms with Crippen molar-refractivity contribution in [1.29, 1.82) is 0 Å². The van der Waals surface area contributed by atoms with Crippen LogP contribution in [0.4, 0.5) is 0 Å². The van der Waals surface area contributed by atoms with Crippen LogP contribution in [0.3, 0.4) is 0 Å². The number of amides is 2. The van der Waals surface area contributed by atoms with Crippen LogP contribution in [0.25, 0.3) is 5.65 Å². The van der Waals surface area contributed by atoms with Crippen molar-refractivity contribution in [2.45, 2.75) is 32.9 Å². The molecule has 158 valence electrons. The lowest BCUT2D eigenvalue weighted by Gasteiger charge is -2.23. The average Bonchev–Trinajstić information content (AvgIpc) is 3.11. The first kappa shape index (κ1) is 21.5. The van der Waals surface area contributed by atoms with Gasteiger partial charge < -0.3 is 15.0 Å². The van der Waals surface area contributed by atoms with Gasteiger partial charge in [-0.15, -0.1) is 0 Å². The van der Waals surface area contributed by atoms with Crippen molar-refractivity contribution in [2.75, 3.05) is 20.6 Å². The molecule has 0 aliphatic heterocycles. The topological polar surface area (TPSA) is 83.9 Å². The third kappa shape index (κ3) is 4.52. The highest BCUT2D eigenvalue weighted by atomic mass is 16.2. The number of benzene rings is 1. The van der Waals surface area contributed by atoms with E-state index in [1.807, 2.05) is 59.8 Å². The Morgan fingerprint density at radius 2 is 1.83 bits per heavy atom. The molecule has 7 nitrogen and oxygen atoms in total. The number of hydrogen-bond donors (Lipinski definition) is 1. The van der Waals surface area contributed by atoms with Gasteiger partial charge in [-0.1, -0.05) is 36.4 Å². The third-order valence-corrected chi connectivity index (χ3v) is 5.54. The van der Waals surface area contributed by atoms with E-state index in [9.17, 15) is 9.59 Å². The van der Waals surface area contributed by atoms with Gasteiger partial charge >= 0.3 is 0 Å². The maximum Gasteiger partial charge on any atom is 0.274 e. The van der Waals surface area contributed by atoms with Gasteiger partial charge in [-0.05, 0) is 44.5 Å². The summed E-state index contributed by atoms with van der Waals surface area (Å²) in [7, 11) is 3.61. The lowest BCUT2D eigenvalue weighted by Crippen LogP contribution is -2.40. The molecule has 1 unspecified atom stereocenters. The van der Waals surface area contributed by atoms with Crippen molar-refractivity contribution in [3.8, 4) is 0 Å². The Balaban J connectivity index is 1.90. The van der Waals surface area contributed by atoms with Crippen LogP contribution in [0.15, 0.2) is 48.7 Å². The minimum absolute atomic E-state index is 0.135. The molecule has 2 aromatic heterocycles. The van der Waals surface area contributed by atoms with Crippen LogP contribution in [0.2, 0.25) is 0 Å². The van der Waals surface area contributed by atoms with Gasteiger partial charge in [-0.3, -0.25) is 14.5 Å². The first-order valence-electron chi connectivity index (χ1n) is 10.0. The second-order valence-corrected chi connectivity index (χ2v) is 7.75. The number of nitrogens with zero attached hydrogens (tertiary/aromatic N) is 4. The van der Waals surface area contributed by atoms with Crippen LogP contribution in [0, 0.1) is 6.92 Å². The van der Waals surface area contributed by atoms with Gasteiger partial charge in [0.15, 0.2) is 5.69 Å². The van der Waals surface area contributed by atoms with E-state index in [1.54, 1.807) is 18.9 Å². The van der Waals surface area contributed by atoms with Crippen molar-refractivity contribution in [3.05, 3.63) is 71.2 Å². The van der Waals surface area contributed by atoms with Gasteiger partial charge in [0.05, 0.1) is 11.7 Å². The van der Waals surface area contributed by atoms with Crippen molar-refractivity contribution in [3.63, 3.8) is 0 Å². The number of carbonyl (C=O) groups excluding carboxylic acids is 2. The summed E-state index contributed by atoms with van der Waals surface area (Å²) in [4.78, 5) is 33.1. The standard InChI is InChI=1S/C23H29N5O2/c1-16-9-8-13-28-19(15-27(4)17(2)21(24)29)20(25-22(16)28)23(30)26(3)14-12-18-10-6-5-7-11-18/h5-11,13,17H,12,14-15H2,1-4H3,(H2,24,29). The molecule has 1 atom stereocenters. The molecule has 3 rings (SSSR count). The van der Waals surface area contributed by atoms with Crippen LogP contribution >= 0.6 is 0 Å². The van der Waals surface area contributed by atoms with Crippen molar-refractivity contribution < 1.29 is 9.59 Å². The fraction of sp³-hybridized carbons (Fsp3) is 0.348. The largest absolute Gasteiger partial charge is 0.368 e. The molecular formula is C23H29N5O2. The highest BCUT2D eigenvalue weighted by molar-refractivity contribution is 5.94.